The first-order valence-electron chi connectivity index (χ1n) is 9.73. The number of likely N-dealkylation sites (N-methyl/N-ethyl adjacent to an activating group) is 1. The molecule has 3 rings (SSSR count). The first kappa shape index (κ1) is 18.1. The maximum absolute atomic E-state index is 12.8. The van der Waals surface area contributed by atoms with E-state index in [1.807, 2.05) is 12.1 Å². The zero-order chi connectivity index (χ0) is 17.6. The van der Waals surface area contributed by atoms with Gasteiger partial charge in [-0.2, -0.15) is 0 Å². The number of rotatable bonds is 5. The summed E-state index contributed by atoms with van der Waals surface area (Å²) in [5.41, 5.74) is 1.14. The molecule has 1 aromatic carbocycles. The number of phenolic OH excluding ortho intramolecular Hbond substituents is 1. The molecule has 25 heavy (non-hydrogen) atoms. The molecule has 0 atom stereocenters. The molecule has 1 saturated heterocycles. The van der Waals surface area contributed by atoms with Crippen LogP contribution in [0.2, 0.25) is 0 Å². The minimum Gasteiger partial charge on any atom is -0.508 e. The Bertz CT molecular complexity index is 547. The second-order valence-corrected chi connectivity index (χ2v) is 7.25. The molecule has 1 aliphatic carbocycles. The average molecular weight is 345 g/mol. The van der Waals surface area contributed by atoms with E-state index in [1.165, 1.54) is 32.1 Å². The number of carbonyl (C=O) groups is 1. The zero-order valence-electron chi connectivity index (χ0n) is 15.4. The van der Waals surface area contributed by atoms with Gasteiger partial charge in [0.05, 0.1) is 6.54 Å². The summed E-state index contributed by atoms with van der Waals surface area (Å²) >= 11 is 0. The summed E-state index contributed by atoms with van der Waals surface area (Å²) in [7, 11) is 0. The molecule has 0 aromatic heterocycles. The predicted molar refractivity (Wildman–Crippen MR) is 101 cm³/mol. The van der Waals surface area contributed by atoms with Crippen LogP contribution in [0, 0.1) is 0 Å². The highest BCUT2D eigenvalue weighted by Gasteiger charge is 2.26. The van der Waals surface area contributed by atoms with E-state index in [0.717, 1.165) is 38.4 Å². The molecule has 0 spiro atoms. The summed E-state index contributed by atoms with van der Waals surface area (Å²) in [6.45, 7) is 7.16. The molecule has 1 aliphatic heterocycles. The van der Waals surface area contributed by atoms with Gasteiger partial charge >= 0.3 is 0 Å². The van der Waals surface area contributed by atoms with Gasteiger partial charge in [-0.15, -0.1) is 0 Å². The quantitative estimate of drug-likeness (QED) is 0.891. The first-order chi connectivity index (χ1) is 12.2. The smallest absolute Gasteiger partial charge is 0.236 e. The average Bonchev–Trinajstić information content (AvgIpc) is 2.65. The highest BCUT2D eigenvalue weighted by atomic mass is 16.3. The SMILES string of the molecule is CCN(C(=O)CN1CCN(c2ccc(O)cc2)CC1)C1CCCCC1. The predicted octanol–water partition coefficient (Wildman–Crippen LogP) is 2.70. The van der Waals surface area contributed by atoms with E-state index >= 15 is 0 Å². The van der Waals surface area contributed by atoms with Crippen molar-refractivity contribution in [3.8, 4) is 5.75 Å². The summed E-state index contributed by atoms with van der Waals surface area (Å²) in [6.07, 6.45) is 6.20. The van der Waals surface area contributed by atoms with Crippen molar-refractivity contribution in [3.63, 3.8) is 0 Å². The lowest BCUT2D eigenvalue weighted by molar-refractivity contribution is -0.135. The maximum atomic E-state index is 12.8. The number of aromatic hydroxyl groups is 1. The van der Waals surface area contributed by atoms with Crippen LogP contribution in [0.4, 0.5) is 5.69 Å². The zero-order valence-corrected chi connectivity index (χ0v) is 15.4. The van der Waals surface area contributed by atoms with E-state index in [9.17, 15) is 9.90 Å². The highest BCUT2D eigenvalue weighted by Crippen LogP contribution is 2.23. The van der Waals surface area contributed by atoms with Crippen molar-refractivity contribution in [1.82, 2.24) is 9.80 Å². The number of amides is 1. The lowest BCUT2D eigenvalue weighted by Gasteiger charge is -2.38. The summed E-state index contributed by atoms with van der Waals surface area (Å²) in [5.74, 6) is 0.600. The van der Waals surface area contributed by atoms with Gasteiger partial charge in [0.15, 0.2) is 0 Å². The van der Waals surface area contributed by atoms with Crippen molar-refractivity contribution in [2.75, 3.05) is 44.2 Å². The molecule has 0 bridgehead atoms. The van der Waals surface area contributed by atoms with Crippen LogP contribution < -0.4 is 4.90 Å². The van der Waals surface area contributed by atoms with Crippen LogP contribution in [0.15, 0.2) is 24.3 Å². The molecule has 1 aromatic rings. The Kier molecular flexibility index (Phi) is 6.19. The Labute approximate surface area is 151 Å². The largest absolute Gasteiger partial charge is 0.508 e. The van der Waals surface area contributed by atoms with E-state index in [0.29, 0.717) is 24.2 Å². The Balaban J connectivity index is 1.49. The van der Waals surface area contributed by atoms with Gasteiger partial charge in [0.1, 0.15) is 5.75 Å². The molecule has 5 nitrogen and oxygen atoms in total. The molecule has 0 unspecified atom stereocenters. The molecular formula is C20H31N3O2. The molecule has 5 heteroatoms. The molecule has 1 amide bonds. The Morgan fingerprint density at radius 1 is 1.08 bits per heavy atom. The summed E-state index contributed by atoms with van der Waals surface area (Å²) in [5, 5.41) is 9.41. The van der Waals surface area contributed by atoms with E-state index in [-0.39, 0.29) is 0 Å². The van der Waals surface area contributed by atoms with Gasteiger partial charge in [0, 0.05) is 44.5 Å². The molecule has 1 saturated carbocycles. The second-order valence-electron chi connectivity index (χ2n) is 7.25. The van der Waals surface area contributed by atoms with Gasteiger partial charge in [-0.3, -0.25) is 9.69 Å². The van der Waals surface area contributed by atoms with Crippen LogP contribution in [-0.4, -0.2) is 66.1 Å². The van der Waals surface area contributed by atoms with Crippen LogP contribution >= 0.6 is 0 Å². The summed E-state index contributed by atoms with van der Waals surface area (Å²) < 4.78 is 0. The van der Waals surface area contributed by atoms with Crippen LogP contribution in [0.25, 0.3) is 0 Å². The van der Waals surface area contributed by atoms with Gasteiger partial charge in [0.2, 0.25) is 5.91 Å². The van der Waals surface area contributed by atoms with E-state index in [2.05, 4.69) is 21.6 Å². The molecule has 2 aliphatic rings. The van der Waals surface area contributed by atoms with Crippen LogP contribution in [0.1, 0.15) is 39.0 Å². The van der Waals surface area contributed by atoms with E-state index in [1.54, 1.807) is 12.1 Å². The van der Waals surface area contributed by atoms with Crippen molar-refractivity contribution in [3.05, 3.63) is 24.3 Å². The van der Waals surface area contributed by atoms with Gasteiger partial charge in [-0.05, 0) is 44.0 Å². The molecule has 138 valence electrons. The van der Waals surface area contributed by atoms with Gasteiger partial charge in [0.25, 0.3) is 0 Å². The Morgan fingerprint density at radius 3 is 2.32 bits per heavy atom. The van der Waals surface area contributed by atoms with Crippen LogP contribution in [-0.2, 0) is 4.79 Å². The first-order valence-corrected chi connectivity index (χ1v) is 9.73. The van der Waals surface area contributed by atoms with Crippen molar-refractivity contribution < 1.29 is 9.90 Å². The third kappa shape index (κ3) is 4.66. The monoisotopic (exact) mass is 345 g/mol. The Morgan fingerprint density at radius 2 is 1.72 bits per heavy atom. The van der Waals surface area contributed by atoms with Gasteiger partial charge in [-0.25, -0.2) is 0 Å². The lowest BCUT2D eigenvalue weighted by Crippen LogP contribution is -2.51. The fourth-order valence-corrected chi connectivity index (χ4v) is 4.14. The van der Waals surface area contributed by atoms with Crippen molar-refractivity contribution in [2.24, 2.45) is 0 Å². The van der Waals surface area contributed by atoms with E-state index in [4.69, 9.17) is 0 Å². The number of phenols is 1. The minimum atomic E-state index is 0.299. The van der Waals surface area contributed by atoms with Gasteiger partial charge < -0.3 is 14.9 Å². The van der Waals surface area contributed by atoms with Crippen molar-refractivity contribution in [1.29, 1.82) is 0 Å². The summed E-state index contributed by atoms with van der Waals surface area (Å²) in [6, 6.07) is 7.84. The normalized spacial score (nSPS) is 19.8. The van der Waals surface area contributed by atoms with Crippen molar-refractivity contribution in [2.45, 2.75) is 45.1 Å². The molecule has 1 N–H and O–H groups in total. The van der Waals surface area contributed by atoms with E-state index < -0.39 is 0 Å². The standard InChI is InChI=1S/C20H31N3O2/c1-2-23(18-6-4-3-5-7-18)20(25)16-21-12-14-22(15-13-21)17-8-10-19(24)11-9-17/h8-11,18,24H,2-7,12-16H2,1H3. The molecule has 2 fully saturated rings. The maximum Gasteiger partial charge on any atom is 0.236 e. The number of anilines is 1. The number of hydrogen-bond acceptors (Lipinski definition) is 4. The third-order valence-electron chi connectivity index (χ3n) is 5.62. The molecule has 1 heterocycles. The number of hydrogen-bond donors (Lipinski definition) is 1. The second kappa shape index (κ2) is 8.56. The lowest BCUT2D eigenvalue weighted by atomic mass is 9.94. The third-order valence-corrected chi connectivity index (χ3v) is 5.62. The number of nitrogens with zero attached hydrogens (tertiary/aromatic N) is 3. The number of benzene rings is 1. The molecule has 0 radical (unpaired) electrons. The number of piperazine rings is 1. The van der Waals surface area contributed by atoms with Crippen molar-refractivity contribution >= 4 is 11.6 Å². The Hall–Kier alpha value is -1.75. The van der Waals surface area contributed by atoms with Crippen LogP contribution in [0.5, 0.6) is 5.75 Å². The van der Waals surface area contributed by atoms with Crippen LogP contribution in [0.3, 0.4) is 0 Å². The number of carbonyl (C=O) groups excluding carboxylic acids is 1. The summed E-state index contributed by atoms with van der Waals surface area (Å²) in [4.78, 5) is 19.5. The fourth-order valence-electron chi connectivity index (χ4n) is 4.14. The minimum absolute atomic E-state index is 0.299. The van der Waals surface area contributed by atoms with Gasteiger partial charge in [-0.1, -0.05) is 19.3 Å². The highest BCUT2D eigenvalue weighted by molar-refractivity contribution is 5.78. The topological polar surface area (TPSA) is 47.0 Å². The fraction of sp³-hybridized carbons (Fsp3) is 0.650. The molecular weight excluding hydrogens is 314 g/mol.